The zero-order valence-electron chi connectivity index (χ0n) is 10.0. The van der Waals surface area contributed by atoms with Crippen molar-refractivity contribution in [2.24, 2.45) is 5.73 Å². The van der Waals surface area contributed by atoms with Crippen LogP contribution in [0, 0.1) is 0 Å². The van der Waals surface area contributed by atoms with E-state index in [0.29, 0.717) is 11.3 Å². The molecular formula is C14H19NO2. The molecule has 1 aromatic rings. The number of amides is 1. The number of hydrogen-bond donors (Lipinski definition) is 1. The van der Waals surface area contributed by atoms with Crippen LogP contribution in [0.4, 0.5) is 0 Å². The van der Waals surface area contributed by atoms with Gasteiger partial charge in [-0.15, -0.1) is 0 Å². The molecule has 3 nitrogen and oxygen atoms in total. The predicted octanol–water partition coefficient (Wildman–Crippen LogP) is 2.70. The van der Waals surface area contributed by atoms with Gasteiger partial charge in [0.2, 0.25) is 5.91 Å². The van der Waals surface area contributed by atoms with E-state index in [2.05, 4.69) is 0 Å². The lowest BCUT2D eigenvalue weighted by Crippen LogP contribution is -2.09. The molecule has 2 rings (SSSR count). The van der Waals surface area contributed by atoms with E-state index < -0.39 is 0 Å². The molecule has 1 amide bonds. The van der Waals surface area contributed by atoms with Crippen LogP contribution in [0.25, 0.3) is 0 Å². The van der Waals surface area contributed by atoms with Gasteiger partial charge < -0.3 is 5.73 Å². The molecule has 0 spiro atoms. The first-order chi connectivity index (χ1) is 8.20. The molecule has 0 aliphatic heterocycles. The predicted molar refractivity (Wildman–Crippen MR) is 67.7 cm³/mol. The Bertz CT molecular complexity index is 350. The third kappa shape index (κ3) is 5.85. The molecule has 3 heteroatoms. The molecule has 1 aliphatic carbocycles. The van der Waals surface area contributed by atoms with Crippen LogP contribution in [0.15, 0.2) is 30.3 Å². The molecule has 0 saturated heterocycles. The highest BCUT2D eigenvalue weighted by molar-refractivity contribution is 5.92. The Morgan fingerprint density at radius 2 is 1.47 bits per heavy atom. The van der Waals surface area contributed by atoms with Crippen LogP contribution in [0.3, 0.4) is 0 Å². The third-order valence-corrected chi connectivity index (χ3v) is 2.72. The van der Waals surface area contributed by atoms with E-state index in [1.54, 1.807) is 24.3 Å². The number of benzene rings is 1. The van der Waals surface area contributed by atoms with Gasteiger partial charge in [-0.2, -0.15) is 0 Å². The third-order valence-electron chi connectivity index (χ3n) is 2.72. The lowest BCUT2D eigenvalue weighted by molar-refractivity contribution is -0.118. The normalized spacial score (nSPS) is 15.4. The molecule has 1 fully saturated rings. The topological polar surface area (TPSA) is 60.2 Å². The van der Waals surface area contributed by atoms with E-state index in [0.717, 1.165) is 25.7 Å². The molecule has 17 heavy (non-hydrogen) atoms. The summed E-state index contributed by atoms with van der Waals surface area (Å²) in [7, 11) is 0. The van der Waals surface area contributed by atoms with Gasteiger partial charge in [-0.3, -0.25) is 9.59 Å². The number of ketones is 1. The summed E-state index contributed by atoms with van der Waals surface area (Å²) in [5.41, 5.74) is 5.53. The summed E-state index contributed by atoms with van der Waals surface area (Å²) < 4.78 is 0. The molecule has 0 heterocycles. The first-order valence-electron chi connectivity index (χ1n) is 6.06. The minimum atomic E-state index is -0.379. The summed E-state index contributed by atoms with van der Waals surface area (Å²) in [5.74, 6) is 0.0955. The van der Waals surface area contributed by atoms with E-state index >= 15 is 0 Å². The van der Waals surface area contributed by atoms with Gasteiger partial charge in [0, 0.05) is 18.4 Å². The maximum absolute atomic E-state index is 10.7. The number of primary amides is 1. The number of Topliss-reactive ketones (excluding diaryl/α,β-unsaturated/α-hetero) is 1. The Kier molecular flexibility index (Phi) is 6.00. The highest BCUT2D eigenvalue weighted by Crippen LogP contribution is 2.12. The molecule has 1 aromatic carbocycles. The Balaban J connectivity index is 0.000000171. The van der Waals surface area contributed by atoms with E-state index in [-0.39, 0.29) is 5.91 Å². The first-order valence-corrected chi connectivity index (χ1v) is 6.06. The largest absolute Gasteiger partial charge is 0.366 e. The van der Waals surface area contributed by atoms with Gasteiger partial charge in [-0.05, 0) is 25.0 Å². The summed E-state index contributed by atoms with van der Waals surface area (Å²) in [6.07, 6.45) is 6.51. The Labute approximate surface area is 102 Å². The number of carbonyl (C=O) groups excluding carboxylic acids is 2. The second kappa shape index (κ2) is 7.60. The second-order valence-electron chi connectivity index (χ2n) is 4.18. The Morgan fingerprint density at radius 1 is 0.941 bits per heavy atom. The van der Waals surface area contributed by atoms with Crippen molar-refractivity contribution in [3.8, 4) is 0 Å². The maximum Gasteiger partial charge on any atom is 0.248 e. The van der Waals surface area contributed by atoms with Crippen molar-refractivity contribution in [3.63, 3.8) is 0 Å². The fraction of sp³-hybridized carbons (Fsp3) is 0.429. The number of rotatable bonds is 1. The zero-order chi connectivity index (χ0) is 12.5. The summed E-state index contributed by atoms with van der Waals surface area (Å²) >= 11 is 0. The number of hydrogen-bond acceptors (Lipinski definition) is 2. The average molecular weight is 233 g/mol. The molecule has 92 valence electrons. The molecule has 0 bridgehead atoms. The molecule has 1 aliphatic rings. The van der Waals surface area contributed by atoms with Crippen molar-refractivity contribution in [2.75, 3.05) is 0 Å². The smallest absolute Gasteiger partial charge is 0.248 e. The SMILES string of the molecule is NC(=O)c1ccccc1.O=C1CCCCCC1. The van der Waals surface area contributed by atoms with Crippen LogP contribution >= 0.6 is 0 Å². The van der Waals surface area contributed by atoms with Crippen molar-refractivity contribution in [3.05, 3.63) is 35.9 Å². The fourth-order valence-corrected chi connectivity index (χ4v) is 1.73. The average Bonchev–Trinajstić information content (AvgIpc) is 2.59. The quantitative estimate of drug-likeness (QED) is 0.758. The lowest BCUT2D eigenvalue weighted by atomic mass is 10.2. The van der Waals surface area contributed by atoms with Gasteiger partial charge in [-0.1, -0.05) is 31.0 Å². The van der Waals surface area contributed by atoms with Crippen LogP contribution in [-0.2, 0) is 4.79 Å². The maximum atomic E-state index is 10.7. The van der Waals surface area contributed by atoms with E-state index in [9.17, 15) is 9.59 Å². The molecular weight excluding hydrogens is 214 g/mol. The molecule has 0 radical (unpaired) electrons. The summed E-state index contributed by atoms with van der Waals surface area (Å²) in [6.45, 7) is 0. The van der Waals surface area contributed by atoms with Gasteiger partial charge in [0.1, 0.15) is 5.78 Å². The van der Waals surface area contributed by atoms with E-state index in [1.807, 2.05) is 6.07 Å². The van der Waals surface area contributed by atoms with Crippen LogP contribution in [-0.4, -0.2) is 11.7 Å². The highest BCUT2D eigenvalue weighted by atomic mass is 16.1. The Hall–Kier alpha value is -1.64. The van der Waals surface area contributed by atoms with Crippen LogP contribution < -0.4 is 5.73 Å². The first kappa shape index (κ1) is 13.4. The van der Waals surface area contributed by atoms with Gasteiger partial charge >= 0.3 is 0 Å². The second-order valence-corrected chi connectivity index (χ2v) is 4.18. The summed E-state index contributed by atoms with van der Waals surface area (Å²) in [5, 5.41) is 0. The van der Waals surface area contributed by atoms with Gasteiger partial charge in [0.25, 0.3) is 0 Å². The van der Waals surface area contributed by atoms with Crippen LogP contribution in [0.5, 0.6) is 0 Å². The summed E-state index contributed by atoms with van der Waals surface area (Å²) in [4.78, 5) is 21.1. The molecule has 0 aromatic heterocycles. The highest BCUT2D eigenvalue weighted by Gasteiger charge is 2.05. The van der Waals surface area contributed by atoms with E-state index in [1.165, 1.54) is 12.8 Å². The van der Waals surface area contributed by atoms with Crippen molar-refractivity contribution in [1.82, 2.24) is 0 Å². The molecule has 0 atom stereocenters. The molecule has 1 saturated carbocycles. The Morgan fingerprint density at radius 3 is 1.88 bits per heavy atom. The van der Waals surface area contributed by atoms with E-state index in [4.69, 9.17) is 5.73 Å². The van der Waals surface area contributed by atoms with Gasteiger partial charge in [0.15, 0.2) is 0 Å². The fourth-order valence-electron chi connectivity index (χ4n) is 1.73. The molecule has 0 unspecified atom stereocenters. The van der Waals surface area contributed by atoms with Crippen LogP contribution in [0.2, 0.25) is 0 Å². The zero-order valence-corrected chi connectivity index (χ0v) is 10.0. The lowest BCUT2D eigenvalue weighted by Gasteiger charge is -1.89. The number of nitrogens with two attached hydrogens (primary N) is 1. The van der Waals surface area contributed by atoms with Crippen molar-refractivity contribution in [2.45, 2.75) is 38.5 Å². The van der Waals surface area contributed by atoms with Crippen molar-refractivity contribution >= 4 is 11.7 Å². The minimum absolute atomic E-state index is 0.379. The summed E-state index contributed by atoms with van der Waals surface area (Å²) in [6, 6.07) is 8.76. The van der Waals surface area contributed by atoms with Gasteiger partial charge in [-0.25, -0.2) is 0 Å². The monoisotopic (exact) mass is 233 g/mol. The standard InChI is InChI=1S/C7H7NO.C7H12O/c8-7(9)6-4-2-1-3-5-6;8-7-5-3-1-2-4-6-7/h1-5H,(H2,8,9);1-6H2. The van der Waals surface area contributed by atoms with Gasteiger partial charge in [0.05, 0.1) is 0 Å². The van der Waals surface area contributed by atoms with Crippen molar-refractivity contribution in [1.29, 1.82) is 0 Å². The van der Waals surface area contributed by atoms with Crippen molar-refractivity contribution < 1.29 is 9.59 Å². The minimum Gasteiger partial charge on any atom is -0.366 e. The van der Waals surface area contributed by atoms with Crippen LogP contribution in [0.1, 0.15) is 48.9 Å². The molecule has 2 N–H and O–H groups in total. The number of carbonyl (C=O) groups is 2.